The van der Waals surface area contributed by atoms with Gasteiger partial charge in [-0.15, -0.1) is 0 Å². The third-order valence-electron chi connectivity index (χ3n) is 3.95. The summed E-state index contributed by atoms with van der Waals surface area (Å²) in [6.45, 7) is 4.26. The summed E-state index contributed by atoms with van der Waals surface area (Å²) in [5.74, 6) is 0.817. The van der Waals surface area contributed by atoms with Gasteiger partial charge >= 0.3 is 0 Å². The molecule has 0 radical (unpaired) electrons. The molecule has 3 heteroatoms. The summed E-state index contributed by atoms with van der Waals surface area (Å²) in [6, 6.07) is 6.93. The van der Waals surface area contributed by atoms with Gasteiger partial charge in [-0.25, -0.2) is 0 Å². The van der Waals surface area contributed by atoms with E-state index in [4.69, 9.17) is 5.73 Å². The maximum absolute atomic E-state index is 5.93. The van der Waals surface area contributed by atoms with E-state index in [2.05, 4.69) is 46.4 Å². The molecule has 0 atom stereocenters. The Morgan fingerprint density at radius 3 is 2.72 bits per heavy atom. The lowest BCUT2D eigenvalue weighted by atomic mass is 9.86. The summed E-state index contributed by atoms with van der Waals surface area (Å²) in [5, 5.41) is 3.59. The summed E-state index contributed by atoms with van der Waals surface area (Å²) in [5.41, 5.74) is 8.67. The molecular formula is C15H23BrN2. The van der Waals surface area contributed by atoms with E-state index >= 15 is 0 Å². The van der Waals surface area contributed by atoms with Crippen molar-refractivity contribution in [3.8, 4) is 0 Å². The lowest BCUT2D eigenvalue weighted by Crippen LogP contribution is -2.31. The second-order valence-electron chi connectivity index (χ2n) is 5.48. The molecule has 0 unspecified atom stereocenters. The van der Waals surface area contributed by atoms with Crippen LogP contribution in [0.15, 0.2) is 22.7 Å². The van der Waals surface area contributed by atoms with Gasteiger partial charge in [-0.05, 0) is 68.3 Å². The van der Waals surface area contributed by atoms with E-state index in [1.54, 1.807) is 0 Å². The maximum Gasteiger partial charge on any atom is 0.0208 e. The number of rotatable bonds is 4. The highest BCUT2D eigenvalue weighted by atomic mass is 79.9. The number of hydrogen-bond acceptors (Lipinski definition) is 2. The smallest absolute Gasteiger partial charge is 0.0208 e. The fraction of sp³-hybridized carbons (Fsp3) is 0.600. The first-order chi connectivity index (χ1) is 8.65. The Hall–Kier alpha value is -0.380. The van der Waals surface area contributed by atoms with Crippen molar-refractivity contribution in [2.24, 2.45) is 11.7 Å². The summed E-state index contributed by atoms with van der Waals surface area (Å²) >= 11 is 3.53. The second-order valence-corrected chi connectivity index (χ2v) is 6.40. The van der Waals surface area contributed by atoms with Crippen molar-refractivity contribution in [1.29, 1.82) is 0 Å². The summed E-state index contributed by atoms with van der Waals surface area (Å²) < 4.78 is 1.16. The van der Waals surface area contributed by atoms with Crippen LogP contribution in [0.2, 0.25) is 0 Å². The molecular weight excluding hydrogens is 288 g/mol. The summed E-state index contributed by atoms with van der Waals surface area (Å²) in [4.78, 5) is 0. The lowest BCUT2D eigenvalue weighted by Gasteiger charge is -2.26. The van der Waals surface area contributed by atoms with Crippen LogP contribution in [0.25, 0.3) is 0 Å². The molecule has 2 nitrogen and oxygen atoms in total. The van der Waals surface area contributed by atoms with Crippen LogP contribution >= 0.6 is 15.9 Å². The van der Waals surface area contributed by atoms with Crippen molar-refractivity contribution >= 4 is 15.9 Å². The Labute approximate surface area is 118 Å². The Morgan fingerprint density at radius 1 is 1.28 bits per heavy atom. The minimum Gasteiger partial charge on any atom is -0.328 e. The quantitative estimate of drug-likeness (QED) is 0.895. The Balaban J connectivity index is 1.76. The number of nitrogens with one attached hydrogen (secondary N) is 1. The van der Waals surface area contributed by atoms with E-state index in [1.807, 2.05) is 0 Å². The van der Waals surface area contributed by atoms with Crippen molar-refractivity contribution in [2.75, 3.05) is 6.54 Å². The molecule has 3 N–H and O–H groups in total. The van der Waals surface area contributed by atoms with E-state index in [0.29, 0.717) is 6.04 Å². The zero-order valence-electron chi connectivity index (χ0n) is 11.1. The zero-order valence-corrected chi connectivity index (χ0v) is 12.7. The van der Waals surface area contributed by atoms with Crippen LogP contribution in [0.3, 0.4) is 0 Å². The largest absolute Gasteiger partial charge is 0.328 e. The highest BCUT2D eigenvalue weighted by Crippen LogP contribution is 2.22. The monoisotopic (exact) mass is 310 g/mol. The number of aryl methyl sites for hydroxylation is 1. The van der Waals surface area contributed by atoms with Crippen molar-refractivity contribution in [3.05, 3.63) is 33.8 Å². The summed E-state index contributed by atoms with van der Waals surface area (Å²) in [7, 11) is 0. The van der Waals surface area contributed by atoms with Gasteiger partial charge in [0, 0.05) is 17.1 Å². The van der Waals surface area contributed by atoms with Crippen molar-refractivity contribution in [3.63, 3.8) is 0 Å². The summed E-state index contributed by atoms with van der Waals surface area (Å²) in [6.07, 6.45) is 4.96. The molecule has 18 heavy (non-hydrogen) atoms. The van der Waals surface area contributed by atoms with E-state index in [1.165, 1.54) is 36.8 Å². The van der Waals surface area contributed by atoms with Crippen molar-refractivity contribution in [2.45, 2.75) is 45.2 Å². The Morgan fingerprint density at radius 2 is 2.00 bits per heavy atom. The van der Waals surface area contributed by atoms with Crippen LogP contribution in [0.5, 0.6) is 0 Å². The number of benzene rings is 1. The van der Waals surface area contributed by atoms with Gasteiger partial charge in [0.2, 0.25) is 0 Å². The molecule has 0 bridgehead atoms. The first-order valence-electron chi connectivity index (χ1n) is 6.86. The molecule has 0 amide bonds. The van der Waals surface area contributed by atoms with Gasteiger partial charge in [0.05, 0.1) is 0 Å². The molecule has 1 aliphatic carbocycles. The minimum absolute atomic E-state index is 0.452. The lowest BCUT2D eigenvalue weighted by molar-refractivity contribution is 0.314. The van der Waals surface area contributed by atoms with E-state index in [9.17, 15) is 0 Å². The molecule has 100 valence electrons. The molecule has 0 heterocycles. The predicted octanol–water partition coefficient (Wildman–Crippen LogP) is 3.36. The van der Waals surface area contributed by atoms with Gasteiger partial charge in [-0.3, -0.25) is 0 Å². The third kappa shape index (κ3) is 4.08. The first kappa shape index (κ1) is 14.0. The first-order valence-corrected chi connectivity index (χ1v) is 7.66. The van der Waals surface area contributed by atoms with Gasteiger partial charge in [0.25, 0.3) is 0 Å². The van der Waals surface area contributed by atoms with Crippen LogP contribution in [0, 0.1) is 12.8 Å². The number of halogens is 1. The van der Waals surface area contributed by atoms with Crippen molar-refractivity contribution in [1.82, 2.24) is 5.32 Å². The predicted molar refractivity (Wildman–Crippen MR) is 80.5 cm³/mol. The van der Waals surface area contributed by atoms with Crippen LogP contribution in [0.4, 0.5) is 0 Å². The molecule has 0 saturated heterocycles. The highest BCUT2D eigenvalue weighted by Gasteiger charge is 2.17. The normalized spacial score (nSPS) is 24.2. The van der Waals surface area contributed by atoms with E-state index in [-0.39, 0.29) is 0 Å². The molecule has 1 aliphatic rings. The Kier molecular flexibility index (Phi) is 5.22. The minimum atomic E-state index is 0.452. The van der Waals surface area contributed by atoms with Gasteiger partial charge in [0.15, 0.2) is 0 Å². The standard InChI is InChI=1S/C15H23BrN2/c1-11-2-5-14(16)8-13(11)10-18-9-12-3-6-15(17)7-4-12/h2,5,8,12,15,18H,3-4,6-7,9-10,17H2,1H3. The van der Waals surface area contributed by atoms with Gasteiger partial charge < -0.3 is 11.1 Å². The fourth-order valence-corrected chi connectivity index (χ4v) is 3.04. The SMILES string of the molecule is Cc1ccc(Br)cc1CNCC1CCC(N)CC1. The maximum atomic E-state index is 5.93. The van der Waals surface area contributed by atoms with E-state index < -0.39 is 0 Å². The fourth-order valence-electron chi connectivity index (χ4n) is 2.63. The molecule has 0 aromatic heterocycles. The van der Waals surface area contributed by atoms with Gasteiger partial charge in [-0.1, -0.05) is 22.0 Å². The number of nitrogens with two attached hydrogens (primary N) is 1. The zero-order chi connectivity index (χ0) is 13.0. The van der Waals surface area contributed by atoms with Gasteiger partial charge in [0.1, 0.15) is 0 Å². The average molecular weight is 311 g/mol. The van der Waals surface area contributed by atoms with Crippen LogP contribution in [0.1, 0.15) is 36.8 Å². The van der Waals surface area contributed by atoms with Gasteiger partial charge in [-0.2, -0.15) is 0 Å². The highest BCUT2D eigenvalue weighted by molar-refractivity contribution is 9.10. The molecule has 1 aromatic rings. The molecule has 1 saturated carbocycles. The molecule has 0 spiro atoms. The molecule has 2 rings (SSSR count). The van der Waals surface area contributed by atoms with Crippen LogP contribution < -0.4 is 11.1 Å². The van der Waals surface area contributed by atoms with E-state index in [0.717, 1.165) is 23.5 Å². The average Bonchev–Trinajstić information content (AvgIpc) is 2.36. The third-order valence-corrected chi connectivity index (χ3v) is 4.44. The molecule has 1 fully saturated rings. The second kappa shape index (κ2) is 6.69. The number of hydrogen-bond donors (Lipinski definition) is 2. The Bertz CT molecular complexity index is 384. The van der Waals surface area contributed by atoms with Crippen LogP contribution in [-0.4, -0.2) is 12.6 Å². The molecule has 1 aromatic carbocycles. The van der Waals surface area contributed by atoms with Crippen molar-refractivity contribution < 1.29 is 0 Å². The molecule has 0 aliphatic heterocycles. The topological polar surface area (TPSA) is 38.0 Å². The van der Waals surface area contributed by atoms with Crippen LogP contribution in [-0.2, 0) is 6.54 Å².